The minimum Gasteiger partial charge on any atom is -0.490 e. The molecule has 0 bridgehead atoms. The van der Waals surface area contributed by atoms with E-state index in [0.717, 1.165) is 16.2 Å². The number of carbonyl (C=O) groups is 1. The first kappa shape index (κ1) is 17.3. The van der Waals surface area contributed by atoms with Crippen LogP contribution in [0.3, 0.4) is 0 Å². The van der Waals surface area contributed by atoms with E-state index in [2.05, 4.69) is 5.32 Å². The summed E-state index contributed by atoms with van der Waals surface area (Å²) in [7, 11) is 0. The van der Waals surface area contributed by atoms with Crippen LogP contribution in [0, 0.1) is 0 Å². The van der Waals surface area contributed by atoms with Gasteiger partial charge in [-0.25, -0.2) is 0 Å². The summed E-state index contributed by atoms with van der Waals surface area (Å²) in [5.74, 6) is 1.47. The van der Waals surface area contributed by atoms with Crippen molar-refractivity contribution in [2.24, 2.45) is 0 Å². The maximum Gasteiger partial charge on any atom is 0.225 e. The normalized spacial score (nSPS) is 11.8. The van der Waals surface area contributed by atoms with Gasteiger partial charge in [-0.15, -0.1) is 11.3 Å². The Hall–Kier alpha value is -2.01. The van der Waals surface area contributed by atoms with E-state index in [1.54, 1.807) is 11.3 Å². The third kappa shape index (κ3) is 4.99. The van der Waals surface area contributed by atoms with Gasteiger partial charge in [0, 0.05) is 4.88 Å². The Morgan fingerprint density at radius 3 is 2.57 bits per heavy atom. The molecule has 0 fully saturated rings. The van der Waals surface area contributed by atoms with Crippen molar-refractivity contribution in [2.45, 2.75) is 33.2 Å². The molecule has 1 heterocycles. The summed E-state index contributed by atoms with van der Waals surface area (Å²) >= 11 is 1.59. The Morgan fingerprint density at radius 1 is 1.17 bits per heavy atom. The minimum atomic E-state index is -0.0858. The fourth-order valence-electron chi connectivity index (χ4n) is 2.28. The standard InChI is InChI=1S/C18H23NO3S/c1-4-21-16-9-8-14(11-17(16)22-5-2)13(3)19-18(20)12-15-7-6-10-23-15/h6-11,13H,4-5,12H2,1-3H3,(H,19,20). The molecule has 23 heavy (non-hydrogen) atoms. The molecule has 0 radical (unpaired) electrons. The Morgan fingerprint density at radius 2 is 1.91 bits per heavy atom. The summed E-state index contributed by atoms with van der Waals surface area (Å²) in [6, 6.07) is 9.63. The molecule has 2 rings (SSSR count). The van der Waals surface area contributed by atoms with Gasteiger partial charge in [0.05, 0.1) is 25.7 Å². The quantitative estimate of drug-likeness (QED) is 0.795. The molecule has 1 N–H and O–H groups in total. The van der Waals surface area contributed by atoms with Gasteiger partial charge in [0.2, 0.25) is 5.91 Å². The van der Waals surface area contributed by atoms with Gasteiger partial charge in [-0.1, -0.05) is 12.1 Å². The molecule has 1 atom stereocenters. The average molecular weight is 333 g/mol. The van der Waals surface area contributed by atoms with Gasteiger partial charge < -0.3 is 14.8 Å². The molecule has 5 heteroatoms. The van der Waals surface area contributed by atoms with Crippen LogP contribution in [0.15, 0.2) is 35.7 Å². The van der Waals surface area contributed by atoms with Gasteiger partial charge in [-0.05, 0) is 49.9 Å². The van der Waals surface area contributed by atoms with Gasteiger partial charge in [-0.2, -0.15) is 0 Å². The largest absolute Gasteiger partial charge is 0.490 e. The van der Waals surface area contributed by atoms with Gasteiger partial charge in [0.25, 0.3) is 0 Å². The highest BCUT2D eigenvalue weighted by atomic mass is 32.1. The van der Waals surface area contributed by atoms with Gasteiger partial charge >= 0.3 is 0 Å². The zero-order valence-electron chi connectivity index (χ0n) is 13.8. The van der Waals surface area contributed by atoms with Crippen LogP contribution in [-0.4, -0.2) is 19.1 Å². The number of rotatable bonds is 8. The molecule has 0 aliphatic carbocycles. The van der Waals surface area contributed by atoms with E-state index in [4.69, 9.17) is 9.47 Å². The number of nitrogens with one attached hydrogen (secondary N) is 1. The summed E-state index contributed by atoms with van der Waals surface area (Å²) in [5, 5.41) is 5.01. The van der Waals surface area contributed by atoms with Crippen molar-refractivity contribution in [1.82, 2.24) is 5.32 Å². The summed E-state index contributed by atoms with van der Waals surface area (Å²) in [5.41, 5.74) is 0.997. The number of hydrogen-bond donors (Lipinski definition) is 1. The molecule has 1 amide bonds. The molecule has 0 aliphatic heterocycles. The van der Waals surface area contributed by atoms with Crippen molar-refractivity contribution in [1.29, 1.82) is 0 Å². The van der Waals surface area contributed by atoms with Gasteiger partial charge in [0.15, 0.2) is 11.5 Å². The first-order valence-electron chi connectivity index (χ1n) is 7.85. The van der Waals surface area contributed by atoms with Crippen LogP contribution in [0.4, 0.5) is 0 Å². The minimum absolute atomic E-state index is 0.0202. The van der Waals surface area contributed by atoms with Crippen molar-refractivity contribution in [2.75, 3.05) is 13.2 Å². The van der Waals surface area contributed by atoms with Crippen molar-refractivity contribution < 1.29 is 14.3 Å². The maximum atomic E-state index is 12.1. The molecule has 1 unspecified atom stereocenters. The predicted molar refractivity (Wildman–Crippen MR) is 93.4 cm³/mol. The molecule has 0 saturated heterocycles. The number of hydrogen-bond acceptors (Lipinski definition) is 4. The second-order valence-electron chi connectivity index (χ2n) is 5.12. The molecule has 1 aromatic carbocycles. The fraction of sp³-hybridized carbons (Fsp3) is 0.389. The van der Waals surface area contributed by atoms with Crippen molar-refractivity contribution in [3.05, 3.63) is 46.2 Å². The van der Waals surface area contributed by atoms with E-state index in [9.17, 15) is 4.79 Å². The summed E-state index contributed by atoms with van der Waals surface area (Å²) < 4.78 is 11.2. The second kappa shape index (κ2) is 8.58. The Labute approximate surface area is 141 Å². The average Bonchev–Trinajstić information content (AvgIpc) is 3.02. The third-order valence-corrected chi connectivity index (χ3v) is 4.24. The van der Waals surface area contributed by atoms with Crippen LogP contribution in [0.25, 0.3) is 0 Å². The van der Waals surface area contributed by atoms with E-state index in [-0.39, 0.29) is 11.9 Å². The van der Waals surface area contributed by atoms with E-state index in [1.165, 1.54) is 0 Å². The second-order valence-corrected chi connectivity index (χ2v) is 6.15. The molecule has 124 valence electrons. The SMILES string of the molecule is CCOc1ccc(C(C)NC(=O)Cc2cccs2)cc1OCC. The predicted octanol–water partition coefficient (Wildman–Crippen LogP) is 3.97. The van der Waals surface area contributed by atoms with Crippen LogP contribution in [-0.2, 0) is 11.2 Å². The van der Waals surface area contributed by atoms with Crippen molar-refractivity contribution >= 4 is 17.2 Å². The lowest BCUT2D eigenvalue weighted by molar-refractivity contribution is -0.121. The summed E-state index contributed by atoms with van der Waals surface area (Å²) in [6.45, 7) is 7.01. The van der Waals surface area contributed by atoms with Crippen LogP contribution >= 0.6 is 11.3 Å². The van der Waals surface area contributed by atoms with Crippen LogP contribution in [0.2, 0.25) is 0 Å². The number of ether oxygens (including phenoxy) is 2. The number of carbonyl (C=O) groups excluding carboxylic acids is 1. The highest BCUT2D eigenvalue weighted by Gasteiger charge is 2.13. The molecule has 0 spiro atoms. The zero-order chi connectivity index (χ0) is 16.7. The van der Waals surface area contributed by atoms with E-state index in [1.807, 2.05) is 56.5 Å². The Kier molecular flexibility index (Phi) is 6.47. The first-order chi connectivity index (χ1) is 11.1. The molecular weight excluding hydrogens is 310 g/mol. The zero-order valence-corrected chi connectivity index (χ0v) is 14.6. The molecule has 1 aromatic heterocycles. The van der Waals surface area contributed by atoms with Crippen molar-refractivity contribution in [3.8, 4) is 11.5 Å². The number of benzene rings is 1. The number of amides is 1. The van der Waals surface area contributed by atoms with E-state index in [0.29, 0.717) is 25.4 Å². The maximum absolute atomic E-state index is 12.1. The van der Waals surface area contributed by atoms with Gasteiger partial charge in [-0.3, -0.25) is 4.79 Å². The lowest BCUT2D eigenvalue weighted by Crippen LogP contribution is -2.27. The van der Waals surface area contributed by atoms with Crippen LogP contribution in [0.1, 0.15) is 37.3 Å². The van der Waals surface area contributed by atoms with Crippen LogP contribution < -0.4 is 14.8 Å². The highest BCUT2D eigenvalue weighted by molar-refractivity contribution is 7.10. The smallest absolute Gasteiger partial charge is 0.225 e. The summed E-state index contributed by atoms with van der Waals surface area (Å²) in [4.78, 5) is 13.2. The Balaban J connectivity index is 2.04. The van der Waals surface area contributed by atoms with Crippen molar-refractivity contribution in [3.63, 3.8) is 0 Å². The lowest BCUT2D eigenvalue weighted by atomic mass is 10.1. The molecule has 4 nitrogen and oxygen atoms in total. The summed E-state index contributed by atoms with van der Waals surface area (Å²) in [6.07, 6.45) is 0.414. The van der Waals surface area contributed by atoms with Crippen LogP contribution in [0.5, 0.6) is 11.5 Å². The molecule has 0 aliphatic rings. The molecule has 2 aromatic rings. The molecule has 0 saturated carbocycles. The van der Waals surface area contributed by atoms with Gasteiger partial charge in [0.1, 0.15) is 0 Å². The fourth-order valence-corrected chi connectivity index (χ4v) is 2.99. The molecular formula is C18H23NO3S. The lowest BCUT2D eigenvalue weighted by Gasteiger charge is -2.17. The monoisotopic (exact) mass is 333 g/mol. The topological polar surface area (TPSA) is 47.6 Å². The third-order valence-electron chi connectivity index (χ3n) is 3.36. The highest BCUT2D eigenvalue weighted by Crippen LogP contribution is 2.30. The number of thiophene rings is 1. The first-order valence-corrected chi connectivity index (χ1v) is 8.73. The van der Waals surface area contributed by atoms with E-state index < -0.39 is 0 Å². The Bertz CT molecular complexity index is 625. The van der Waals surface area contributed by atoms with E-state index >= 15 is 0 Å².